The van der Waals surface area contributed by atoms with Crippen molar-refractivity contribution in [1.82, 2.24) is 15.0 Å². The third kappa shape index (κ3) is 2.28. The molecule has 3 rings (SSSR count). The second kappa shape index (κ2) is 4.82. The molecule has 0 fully saturated rings. The summed E-state index contributed by atoms with van der Waals surface area (Å²) >= 11 is 1.15. The van der Waals surface area contributed by atoms with Gasteiger partial charge in [-0.15, -0.1) is 0 Å². The fourth-order valence-corrected chi connectivity index (χ4v) is 2.71. The minimum atomic E-state index is -0.523. The third-order valence-electron chi connectivity index (χ3n) is 2.66. The molecule has 0 saturated carbocycles. The summed E-state index contributed by atoms with van der Waals surface area (Å²) in [5, 5.41) is 13.0. The first kappa shape index (κ1) is 12.4. The van der Waals surface area contributed by atoms with Crippen LogP contribution < -0.4 is 5.73 Å². The molecule has 0 aliphatic rings. The SMILES string of the molecule is Nc1ncc([N+](=O)[O-])c(Sc2cc3ccccc3[nH]2)n1. The molecule has 100 valence electrons. The maximum Gasteiger partial charge on any atom is 0.320 e. The monoisotopic (exact) mass is 287 g/mol. The number of hydrogen-bond acceptors (Lipinski definition) is 6. The highest BCUT2D eigenvalue weighted by atomic mass is 32.2. The highest BCUT2D eigenvalue weighted by Crippen LogP contribution is 2.34. The van der Waals surface area contributed by atoms with Crippen LogP contribution in [-0.2, 0) is 0 Å². The number of hydrogen-bond donors (Lipinski definition) is 2. The molecule has 2 aromatic heterocycles. The van der Waals surface area contributed by atoms with Gasteiger partial charge in [-0.3, -0.25) is 10.1 Å². The lowest BCUT2D eigenvalue weighted by Crippen LogP contribution is -2.00. The van der Waals surface area contributed by atoms with Crippen molar-refractivity contribution in [2.75, 3.05) is 5.73 Å². The van der Waals surface area contributed by atoms with Gasteiger partial charge >= 0.3 is 5.69 Å². The molecule has 0 aliphatic heterocycles. The average Bonchev–Trinajstić information content (AvgIpc) is 2.80. The van der Waals surface area contributed by atoms with Crippen LogP contribution in [0.5, 0.6) is 0 Å². The van der Waals surface area contributed by atoms with Crippen molar-refractivity contribution >= 4 is 34.3 Å². The Morgan fingerprint density at radius 3 is 2.90 bits per heavy atom. The molecule has 0 aliphatic carbocycles. The summed E-state index contributed by atoms with van der Waals surface area (Å²) in [6.45, 7) is 0. The number of nitrogens with two attached hydrogens (primary N) is 1. The zero-order valence-corrected chi connectivity index (χ0v) is 10.9. The van der Waals surface area contributed by atoms with Crippen LogP contribution in [0.4, 0.5) is 11.6 Å². The van der Waals surface area contributed by atoms with Crippen LogP contribution in [0.3, 0.4) is 0 Å². The predicted molar refractivity (Wildman–Crippen MR) is 75.5 cm³/mol. The van der Waals surface area contributed by atoms with Gasteiger partial charge in [-0.05, 0) is 23.9 Å². The summed E-state index contributed by atoms with van der Waals surface area (Å²) in [7, 11) is 0. The second-order valence-electron chi connectivity index (χ2n) is 4.00. The number of aromatic nitrogens is 3. The number of rotatable bonds is 3. The van der Waals surface area contributed by atoms with E-state index in [1.54, 1.807) is 0 Å². The molecule has 20 heavy (non-hydrogen) atoms. The second-order valence-corrected chi connectivity index (χ2v) is 5.03. The number of anilines is 1. The Balaban J connectivity index is 2.01. The van der Waals surface area contributed by atoms with Gasteiger partial charge in [0.1, 0.15) is 6.20 Å². The zero-order chi connectivity index (χ0) is 14.1. The maximum absolute atomic E-state index is 11.0. The van der Waals surface area contributed by atoms with Crippen LogP contribution in [0, 0.1) is 10.1 Å². The standard InChI is InChI=1S/C12H9N5O2S/c13-12-14-6-9(17(18)19)11(16-12)20-10-5-7-3-1-2-4-8(7)15-10/h1-6,15H,(H2,13,14,16). The van der Waals surface area contributed by atoms with Gasteiger partial charge in [0.15, 0.2) is 5.03 Å². The Hall–Kier alpha value is -2.61. The van der Waals surface area contributed by atoms with E-state index < -0.39 is 4.92 Å². The largest absolute Gasteiger partial charge is 0.368 e. The van der Waals surface area contributed by atoms with Gasteiger partial charge in [0, 0.05) is 10.9 Å². The number of fused-ring (bicyclic) bond motifs is 1. The molecular formula is C12H9N5O2S. The van der Waals surface area contributed by atoms with Gasteiger partial charge < -0.3 is 10.7 Å². The number of aromatic amines is 1. The first-order valence-corrected chi connectivity index (χ1v) is 6.47. The Bertz CT molecular complexity index is 768. The van der Waals surface area contributed by atoms with E-state index in [2.05, 4.69) is 15.0 Å². The summed E-state index contributed by atoms with van der Waals surface area (Å²) in [4.78, 5) is 21.2. The summed E-state index contributed by atoms with van der Waals surface area (Å²) in [6, 6.07) is 9.64. The van der Waals surface area contributed by atoms with Crippen LogP contribution >= 0.6 is 11.8 Å². The summed E-state index contributed by atoms with van der Waals surface area (Å²) < 4.78 is 0. The van der Waals surface area contributed by atoms with E-state index >= 15 is 0 Å². The van der Waals surface area contributed by atoms with Crippen molar-refractivity contribution in [2.45, 2.75) is 10.1 Å². The fourth-order valence-electron chi connectivity index (χ4n) is 1.78. The van der Waals surface area contributed by atoms with E-state index in [-0.39, 0.29) is 16.7 Å². The molecule has 7 nitrogen and oxygen atoms in total. The van der Waals surface area contributed by atoms with Gasteiger partial charge in [0.25, 0.3) is 0 Å². The molecule has 2 heterocycles. The number of benzene rings is 1. The summed E-state index contributed by atoms with van der Waals surface area (Å²) in [5.74, 6) is 0.00853. The molecule has 3 aromatic rings. The van der Waals surface area contributed by atoms with Gasteiger partial charge in [-0.1, -0.05) is 18.2 Å². The number of nitro groups is 1. The Kier molecular flexibility index (Phi) is 2.99. The van der Waals surface area contributed by atoms with Gasteiger partial charge in [-0.2, -0.15) is 4.98 Å². The minimum absolute atomic E-state index is 0.00853. The smallest absolute Gasteiger partial charge is 0.320 e. The number of nitrogens with one attached hydrogen (secondary N) is 1. The van der Waals surface area contributed by atoms with Crippen molar-refractivity contribution in [2.24, 2.45) is 0 Å². The van der Waals surface area contributed by atoms with E-state index in [1.807, 2.05) is 30.3 Å². The lowest BCUT2D eigenvalue weighted by Gasteiger charge is -2.00. The number of para-hydroxylation sites is 1. The Morgan fingerprint density at radius 2 is 2.15 bits per heavy atom. The first-order chi connectivity index (χ1) is 9.63. The van der Waals surface area contributed by atoms with E-state index in [1.165, 1.54) is 0 Å². The fraction of sp³-hybridized carbons (Fsp3) is 0. The molecule has 0 spiro atoms. The topological polar surface area (TPSA) is 111 Å². The minimum Gasteiger partial charge on any atom is -0.368 e. The lowest BCUT2D eigenvalue weighted by atomic mass is 10.3. The highest BCUT2D eigenvalue weighted by molar-refractivity contribution is 7.99. The third-order valence-corrected chi connectivity index (χ3v) is 3.60. The molecule has 0 unspecified atom stereocenters. The van der Waals surface area contributed by atoms with Crippen LogP contribution in [0.2, 0.25) is 0 Å². The molecule has 3 N–H and O–H groups in total. The maximum atomic E-state index is 11.0. The van der Waals surface area contributed by atoms with Crippen molar-refractivity contribution in [1.29, 1.82) is 0 Å². The summed E-state index contributed by atoms with van der Waals surface area (Å²) in [5.41, 5.74) is 6.28. The summed E-state index contributed by atoms with van der Waals surface area (Å²) in [6.07, 6.45) is 1.12. The Labute approximate surface area is 117 Å². The number of H-pyrrole nitrogens is 1. The van der Waals surface area contributed by atoms with Gasteiger partial charge in [0.2, 0.25) is 5.95 Å². The van der Waals surface area contributed by atoms with E-state index in [4.69, 9.17) is 5.73 Å². The average molecular weight is 287 g/mol. The molecule has 0 atom stereocenters. The normalized spacial score (nSPS) is 10.8. The van der Waals surface area contributed by atoms with E-state index in [0.29, 0.717) is 0 Å². The molecule has 0 amide bonds. The molecule has 0 radical (unpaired) electrons. The quantitative estimate of drug-likeness (QED) is 0.435. The Morgan fingerprint density at radius 1 is 1.35 bits per heavy atom. The highest BCUT2D eigenvalue weighted by Gasteiger charge is 2.18. The number of nitrogens with zero attached hydrogens (tertiary/aromatic N) is 3. The van der Waals surface area contributed by atoms with Crippen LogP contribution in [0.1, 0.15) is 0 Å². The molecule has 1 aromatic carbocycles. The van der Waals surface area contributed by atoms with Crippen molar-refractivity contribution in [3.05, 3.63) is 46.6 Å². The van der Waals surface area contributed by atoms with Crippen molar-refractivity contribution < 1.29 is 4.92 Å². The molecular weight excluding hydrogens is 278 g/mol. The zero-order valence-electron chi connectivity index (χ0n) is 10.1. The molecule has 8 heteroatoms. The molecule has 0 saturated heterocycles. The van der Waals surface area contributed by atoms with Crippen LogP contribution in [-0.4, -0.2) is 19.9 Å². The van der Waals surface area contributed by atoms with Crippen molar-refractivity contribution in [3.63, 3.8) is 0 Å². The van der Waals surface area contributed by atoms with Crippen molar-refractivity contribution in [3.8, 4) is 0 Å². The molecule has 0 bridgehead atoms. The predicted octanol–water partition coefficient (Wildman–Crippen LogP) is 2.60. The van der Waals surface area contributed by atoms with Crippen LogP contribution in [0.15, 0.2) is 46.6 Å². The van der Waals surface area contributed by atoms with Crippen LogP contribution in [0.25, 0.3) is 10.9 Å². The first-order valence-electron chi connectivity index (χ1n) is 5.66. The van der Waals surface area contributed by atoms with E-state index in [0.717, 1.165) is 33.9 Å². The van der Waals surface area contributed by atoms with E-state index in [9.17, 15) is 10.1 Å². The lowest BCUT2D eigenvalue weighted by molar-refractivity contribution is -0.388. The van der Waals surface area contributed by atoms with Gasteiger partial charge in [0.05, 0.1) is 9.95 Å². The number of nitrogen functional groups attached to an aromatic ring is 1. The van der Waals surface area contributed by atoms with Gasteiger partial charge in [-0.25, -0.2) is 4.98 Å².